The summed E-state index contributed by atoms with van der Waals surface area (Å²) < 4.78 is 13.1. The Labute approximate surface area is 164 Å². The van der Waals surface area contributed by atoms with Gasteiger partial charge in [0.1, 0.15) is 5.69 Å². The third-order valence-corrected chi connectivity index (χ3v) is 7.24. The lowest BCUT2D eigenvalue weighted by atomic mass is 9.75. The summed E-state index contributed by atoms with van der Waals surface area (Å²) in [5.41, 5.74) is 2.04. The van der Waals surface area contributed by atoms with Crippen LogP contribution in [-0.2, 0) is 7.05 Å². The van der Waals surface area contributed by atoms with Crippen molar-refractivity contribution in [3.8, 4) is 11.5 Å². The maximum Gasteiger partial charge on any atom is 0.270 e. The van der Waals surface area contributed by atoms with E-state index in [1.54, 1.807) is 0 Å². The minimum atomic E-state index is 0.166. The number of hydrogen-bond acceptors (Lipinski definition) is 4. The van der Waals surface area contributed by atoms with Crippen molar-refractivity contribution in [2.45, 2.75) is 30.8 Å². The number of rotatable bonds is 2. The van der Waals surface area contributed by atoms with Crippen LogP contribution in [0.25, 0.3) is 0 Å². The lowest BCUT2D eigenvalue weighted by molar-refractivity contribution is -0.00369. The highest BCUT2D eigenvalue weighted by atomic mass is 16.7. The van der Waals surface area contributed by atoms with Gasteiger partial charge >= 0.3 is 0 Å². The smallest absolute Gasteiger partial charge is 0.270 e. The zero-order valence-electron chi connectivity index (χ0n) is 16.1. The predicted octanol–water partition coefficient (Wildman–Crippen LogP) is 2.46. The fourth-order valence-electron chi connectivity index (χ4n) is 5.92. The Kier molecular flexibility index (Phi) is 3.54. The molecule has 1 amide bonds. The van der Waals surface area contributed by atoms with Crippen molar-refractivity contribution >= 4 is 5.91 Å². The normalized spacial score (nSPS) is 32.6. The molecule has 1 aromatic heterocycles. The minimum Gasteiger partial charge on any atom is -0.454 e. The zero-order valence-corrected chi connectivity index (χ0v) is 16.1. The molecule has 0 aliphatic carbocycles. The van der Waals surface area contributed by atoms with Crippen LogP contribution in [0.5, 0.6) is 11.5 Å². The van der Waals surface area contributed by atoms with Crippen LogP contribution in [0.2, 0.25) is 0 Å². The van der Waals surface area contributed by atoms with Crippen LogP contribution in [0.4, 0.5) is 0 Å². The average molecular weight is 379 g/mol. The van der Waals surface area contributed by atoms with Crippen molar-refractivity contribution in [1.82, 2.24) is 14.4 Å². The van der Waals surface area contributed by atoms with Crippen molar-refractivity contribution in [2.75, 3.05) is 26.4 Å². The van der Waals surface area contributed by atoms with Crippen LogP contribution in [0.3, 0.4) is 0 Å². The second-order valence-corrected chi connectivity index (χ2v) is 8.54. The van der Waals surface area contributed by atoms with Gasteiger partial charge in [-0.3, -0.25) is 9.69 Å². The van der Waals surface area contributed by atoms with Gasteiger partial charge in [0.2, 0.25) is 6.79 Å². The van der Waals surface area contributed by atoms with Gasteiger partial charge in [0.25, 0.3) is 5.91 Å². The van der Waals surface area contributed by atoms with Crippen LogP contribution >= 0.6 is 0 Å². The number of piperidine rings is 3. The van der Waals surface area contributed by atoms with E-state index in [4.69, 9.17) is 9.47 Å². The van der Waals surface area contributed by atoms with E-state index in [0.29, 0.717) is 30.7 Å². The van der Waals surface area contributed by atoms with Crippen LogP contribution in [-0.4, -0.2) is 58.8 Å². The Bertz CT molecular complexity index is 931. The van der Waals surface area contributed by atoms with Gasteiger partial charge in [-0.15, -0.1) is 0 Å². The lowest BCUT2D eigenvalue weighted by Gasteiger charge is -2.51. The molecular weight excluding hydrogens is 354 g/mol. The summed E-state index contributed by atoms with van der Waals surface area (Å²) in [4.78, 5) is 18.3. The molecule has 3 atom stereocenters. The number of carbonyl (C=O) groups is 1. The van der Waals surface area contributed by atoms with E-state index in [1.807, 2.05) is 36.0 Å². The van der Waals surface area contributed by atoms with Crippen LogP contribution in [0, 0.1) is 5.92 Å². The van der Waals surface area contributed by atoms with Gasteiger partial charge in [-0.1, -0.05) is 6.07 Å². The van der Waals surface area contributed by atoms with E-state index in [1.165, 1.54) is 18.4 Å². The molecular formula is C22H25N3O3. The maximum atomic E-state index is 13.5. The Balaban J connectivity index is 1.39. The summed E-state index contributed by atoms with van der Waals surface area (Å²) in [6.45, 7) is 3.37. The number of ether oxygens (including phenoxy) is 2. The molecule has 6 heterocycles. The Hall–Kier alpha value is -2.47. The Morgan fingerprint density at radius 1 is 1.07 bits per heavy atom. The summed E-state index contributed by atoms with van der Waals surface area (Å²) in [6, 6.07) is 10.9. The molecule has 1 aromatic carbocycles. The lowest BCUT2D eigenvalue weighted by Crippen LogP contribution is -2.60. The van der Waals surface area contributed by atoms with Crippen molar-refractivity contribution in [2.24, 2.45) is 13.0 Å². The van der Waals surface area contributed by atoms with E-state index in [-0.39, 0.29) is 5.91 Å². The van der Waals surface area contributed by atoms with Crippen molar-refractivity contribution in [3.63, 3.8) is 0 Å². The first-order valence-electron chi connectivity index (χ1n) is 10.3. The number of aryl methyl sites for hydroxylation is 1. The van der Waals surface area contributed by atoms with Gasteiger partial charge in [0.15, 0.2) is 11.5 Å². The van der Waals surface area contributed by atoms with Crippen molar-refractivity contribution < 1.29 is 14.3 Å². The van der Waals surface area contributed by atoms with Crippen molar-refractivity contribution in [1.29, 1.82) is 0 Å². The monoisotopic (exact) mass is 379 g/mol. The highest BCUT2D eigenvalue weighted by molar-refractivity contribution is 5.93. The first-order valence-corrected chi connectivity index (χ1v) is 10.3. The minimum absolute atomic E-state index is 0.166. The van der Waals surface area contributed by atoms with E-state index < -0.39 is 0 Å². The summed E-state index contributed by atoms with van der Waals surface area (Å²) in [5.74, 6) is 2.74. The van der Waals surface area contributed by atoms with Crippen molar-refractivity contribution in [3.05, 3.63) is 47.8 Å². The second-order valence-electron chi connectivity index (χ2n) is 8.54. The fourth-order valence-corrected chi connectivity index (χ4v) is 5.92. The molecule has 0 unspecified atom stereocenters. The summed E-state index contributed by atoms with van der Waals surface area (Å²) >= 11 is 0. The highest BCUT2D eigenvalue weighted by Crippen LogP contribution is 2.48. The third-order valence-electron chi connectivity index (χ3n) is 7.24. The Morgan fingerprint density at radius 3 is 2.68 bits per heavy atom. The van der Waals surface area contributed by atoms with Gasteiger partial charge < -0.3 is 18.9 Å². The molecule has 2 aromatic rings. The topological polar surface area (TPSA) is 46.9 Å². The largest absolute Gasteiger partial charge is 0.454 e. The molecule has 0 spiro atoms. The van der Waals surface area contributed by atoms with Gasteiger partial charge in [-0.05, 0) is 61.7 Å². The number of fused-ring (bicyclic) bond motifs is 3. The van der Waals surface area contributed by atoms with Gasteiger partial charge in [-0.25, -0.2) is 0 Å². The number of amides is 1. The number of benzene rings is 1. The fraction of sp³-hybridized carbons (Fsp3) is 0.500. The molecule has 7 rings (SSSR count). The molecule has 146 valence electrons. The summed E-state index contributed by atoms with van der Waals surface area (Å²) in [5, 5.41) is 0. The predicted molar refractivity (Wildman–Crippen MR) is 104 cm³/mol. The number of hydrogen-bond donors (Lipinski definition) is 0. The number of carbonyl (C=O) groups excluding carboxylic acids is 1. The molecule has 6 nitrogen and oxygen atoms in total. The highest BCUT2D eigenvalue weighted by Gasteiger charge is 2.55. The quantitative estimate of drug-likeness (QED) is 0.804. The molecule has 5 aliphatic rings. The molecule has 0 saturated carbocycles. The van der Waals surface area contributed by atoms with Crippen LogP contribution < -0.4 is 9.47 Å². The van der Waals surface area contributed by atoms with Gasteiger partial charge in [0.05, 0.1) is 6.04 Å². The summed E-state index contributed by atoms with van der Waals surface area (Å²) in [6.07, 6.45) is 4.35. The molecule has 0 N–H and O–H groups in total. The van der Waals surface area contributed by atoms with E-state index in [9.17, 15) is 4.79 Å². The molecule has 6 heteroatoms. The molecule has 4 saturated heterocycles. The average Bonchev–Trinajstić information content (AvgIpc) is 3.46. The van der Waals surface area contributed by atoms with E-state index in [2.05, 4.69) is 21.9 Å². The van der Waals surface area contributed by atoms with Gasteiger partial charge in [0, 0.05) is 31.7 Å². The molecule has 2 bridgehead atoms. The third kappa shape index (κ3) is 2.27. The van der Waals surface area contributed by atoms with Gasteiger partial charge in [-0.2, -0.15) is 0 Å². The standard InChI is InChI=1S/C22H25N3O3/c1-23-8-2-3-17(23)22(26)25-12-16(15-4-5-18-19(11-15)28-13-27-18)21-20(25)14-6-9-24(21)10-7-14/h2-5,8,11,14,16,20-21H,6-7,9-10,12-13H2,1H3/t16-,20+,21+/m0/s1. The SMILES string of the molecule is Cn1cccc1C(=O)N1C[C@@H](c2ccc3c(c2)OCO3)[C@@H]2[C@H]1C1CCN2CC1. The molecule has 5 aliphatic heterocycles. The molecule has 4 fully saturated rings. The number of likely N-dealkylation sites (tertiary alicyclic amines) is 1. The zero-order chi connectivity index (χ0) is 18.8. The first-order chi connectivity index (χ1) is 13.7. The maximum absolute atomic E-state index is 13.5. The van der Waals surface area contributed by atoms with Crippen LogP contribution in [0.1, 0.15) is 34.8 Å². The van der Waals surface area contributed by atoms with E-state index >= 15 is 0 Å². The second kappa shape index (κ2) is 6.01. The van der Waals surface area contributed by atoms with E-state index in [0.717, 1.165) is 36.8 Å². The Morgan fingerprint density at radius 2 is 1.89 bits per heavy atom. The molecule has 0 radical (unpaired) electrons. The molecule has 28 heavy (non-hydrogen) atoms. The summed E-state index contributed by atoms with van der Waals surface area (Å²) in [7, 11) is 1.95. The number of nitrogens with zero attached hydrogens (tertiary/aromatic N) is 3. The van der Waals surface area contributed by atoms with Crippen LogP contribution in [0.15, 0.2) is 36.5 Å². The number of aromatic nitrogens is 1. The first kappa shape index (κ1) is 16.5.